The Morgan fingerprint density at radius 3 is 2.96 bits per heavy atom. The number of fused-ring (bicyclic) bond motifs is 1. The summed E-state index contributed by atoms with van der Waals surface area (Å²) in [4.78, 5) is 4.28. The van der Waals surface area contributed by atoms with Gasteiger partial charge in [0, 0.05) is 32.4 Å². The smallest absolute Gasteiger partial charge is 0.161 e. The fourth-order valence-electron chi connectivity index (χ4n) is 2.60. The van der Waals surface area contributed by atoms with Crippen LogP contribution in [0.25, 0.3) is 11.5 Å². The molecule has 0 radical (unpaired) electrons. The second kappa shape index (κ2) is 5.75. The van der Waals surface area contributed by atoms with Crippen molar-refractivity contribution >= 4 is 0 Å². The molecule has 1 aliphatic rings. The molecule has 3 heterocycles. The molecule has 0 aliphatic carbocycles. The van der Waals surface area contributed by atoms with E-state index in [4.69, 9.17) is 9.47 Å². The first kappa shape index (κ1) is 13.8. The fraction of sp³-hybridized carbons (Fsp3) is 0.312. The Balaban J connectivity index is 1.39. The van der Waals surface area contributed by atoms with Crippen molar-refractivity contribution in [3.8, 4) is 23.0 Å². The standard InChI is InChI=1S/C16H17N5O2/c1-20-9-7-17-16(20)13-10-21(19-18-13)8-6-12-11-22-14-4-2-3-5-15(14)23-12/h2-5,7,9-10,12H,6,8,11H2,1H3/t12-/m0/s1. The second-order valence-corrected chi connectivity index (χ2v) is 5.51. The van der Waals surface area contributed by atoms with Gasteiger partial charge in [-0.15, -0.1) is 5.10 Å². The first-order valence-corrected chi connectivity index (χ1v) is 7.56. The molecule has 2 aromatic heterocycles. The molecule has 1 aromatic carbocycles. The topological polar surface area (TPSA) is 67.0 Å². The second-order valence-electron chi connectivity index (χ2n) is 5.51. The third-order valence-corrected chi connectivity index (χ3v) is 3.84. The van der Waals surface area contributed by atoms with Gasteiger partial charge >= 0.3 is 0 Å². The maximum Gasteiger partial charge on any atom is 0.161 e. The van der Waals surface area contributed by atoms with E-state index in [1.165, 1.54) is 0 Å². The average Bonchev–Trinajstić information content (AvgIpc) is 3.21. The maximum atomic E-state index is 5.95. The highest BCUT2D eigenvalue weighted by Crippen LogP contribution is 2.31. The molecule has 0 N–H and O–H groups in total. The van der Waals surface area contributed by atoms with Gasteiger partial charge in [0.2, 0.25) is 0 Å². The SMILES string of the molecule is Cn1ccnc1-c1cn(CC[C@H]2COc3ccccc3O2)nn1. The van der Waals surface area contributed by atoms with Crippen LogP contribution in [-0.4, -0.2) is 37.3 Å². The molecule has 0 fully saturated rings. The van der Waals surface area contributed by atoms with Crippen LogP contribution in [0.1, 0.15) is 6.42 Å². The number of aryl methyl sites for hydroxylation is 2. The lowest BCUT2D eigenvalue weighted by Crippen LogP contribution is -2.30. The minimum Gasteiger partial charge on any atom is -0.486 e. The lowest BCUT2D eigenvalue weighted by molar-refractivity contribution is 0.0807. The molecule has 1 aliphatic heterocycles. The summed E-state index contributed by atoms with van der Waals surface area (Å²) in [6, 6.07) is 7.73. The Kier molecular flexibility index (Phi) is 3.45. The van der Waals surface area contributed by atoms with E-state index < -0.39 is 0 Å². The predicted molar refractivity (Wildman–Crippen MR) is 83.2 cm³/mol. The minimum atomic E-state index is 0.0192. The molecule has 0 amide bonds. The van der Waals surface area contributed by atoms with Crippen molar-refractivity contribution in [1.29, 1.82) is 0 Å². The molecule has 1 atom stereocenters. The molecule has 0 unspecified atom stereocenters. The number of nitrogens with zero attached hydrogens (tertiary/aromatic N) is 5. The van der Waals surface area contributed by atoms with Crippen LogP contribution >= 0.6 is 0 Å². The largest absolute Gasteiger partial charge is 0.486 e. The van der Waals surface area contributed by atoms with Gasteiger partial charge in [-0.05, 0) is 12.1 Å². The van der Waals surface area contributed by atoms with Gasteiger partial charge in [0.1, 0.15) is 18.4 Å². The predicted octanol–water partition coefficient (Wildman–Crippen LogP) is 1.91. The Labute approximate surface area is 133 Å². The summed E-state index contributed by atoms with van der Waals surface area (Å²) in [6.07, 6.45) is 6.36. The summed E-state index contributed by atoms with van der Waals surface area (Å²) >= 11 is 0. The van der Waals surface area contributed by atoms with E-state index in [9.17, 15) is 0 Å². The lowest BCUT2D eigenvalue weighted by atomic mass is 10.2. The van der Waals surface area contributed by atoms with E-state index in [1.807, 2.05) is 53.0 Å². The van der Waals surface area contributed by atoms with Crippen LogP contribution in [0.3, 0.4) is 0 Å². The molecule has 0 bridgehead atoms. The van der Waals surface area contributed by atoms with E-state index in [1.54, 1.807) is 6.20 Å². The van der Waals surface area contributed by atoms with Crippen molar-refractivity contribution < 1.29 is 9.47 Å². The average molecular weight is 311 g/mol. The summed E-state index contributed by atoms with van der Waals surface area (Å²) in [5.41, 5.74) is 0.767. The molecule has 7 heteroatoms. The van der Waals surface area contributed by atoms with Crippen molar-refractivity contribution in [1.82, 2.24) is 24.5 Å². The highest BCUT2D eigenvalue weighted by molar-refractivity contribution is 5.47. The summed E-state index contributed by atoms with van der Waals surface area (Å²) in [5, 5.41) is 8.34. The van der Waals surface area contributed by atoms with Gasteiger partial charge in [0.05, 0.1) is 6.20 Å². The summed E-state index contributed by atoms with van der Waals surface area (Å²) in [6.45, 7) is 1.27. The number of benzene rings is 1. The molecule has 0 spiro atoms. The monoisotopic (exact) mass is 311 g/mol. The summed E-state index contributed by atoms with van der Waals surface area (Å²) in [7, 11) is 1.94. The first-order chi connectivity index (χ1) is 11.3. The summed E-state index contributed by atoms with van der Waals surface area (Å²) < 4.78 is 15.4. The van der Waals surface area contributed by atoms with Crippen molar-refractivity contribution in [2.45, 2.75) is 19.1 Å². The third kappa shape index (κ3) is 2.77. The van der Waals surface area contributed by atoms with Crippen LogP contribution in [0.15, 0.2) is 42.9 Å². The quantitative estimate of drug-likeness (QED) is 0.736. The van der Waals surface area contributed by atoms with Crippen LogP contribution in [0, 0.1) is 0 Å². The van der Waals surface area contributed by atoms with Crippen LogP contribution in [0.4, 0.5) is 0 Å². The normalized spacial score (nSPS) is 16.5. The third-order valence-electron chi connectivity index (χ3n) is 3.84. The number of para-hydroxylation sites is 2. The Morgan fingerprint density at radius 1 is 1.26 bits per heavy atom. The molecule has 118 valence electrons. The van der Waals surface area contributed by atoms with Gasteiger partial charge in [-0.25, -0.2) is 4.98 Å². The Morgan fingerprint density at radius 2 is 2.13 bits per heavy atom. The number of hydrogen-bond donors (Lipinski definition) is 0. The van der Waals surface area contributed by atoms with Crippen molar-refractivity contribution in [2.24, 2.45) is 7.05 Å². The van der Waals surface area contributed by atoms with Gasteiger partial charge in [0.25, 0.3) is 0 Å². The van der Waals surface area contributed by atoms with Crippen LogP contribution in [0.5, 0.6) is 11.5 Å². The van der Waals surface area contributed by atoms with Crippen molar-refractivity contribution in [3.63, 3.8) is 0 Å². The molecular formula is C16H17N5O2. The van der Waals surface area contributed by atoms with Crippen molar-refractivity contribution in [3.05, 3.63) is 42.9 Å². The van der Waals surface area contributed by atoms with E-state index in [2.05, 4.69) is 15.3 Å². The fourth-order valence-corrected chi connectivity index (χ4v) is 2.60. The number of aromatic nitrogens is 5. The molecular weight excluding hydrogens is 294 g/mol. The van der Waals surface area contributed by atoms with Gasteiger partial charge in [0.15, 0.2) is 17.3 Å². The maximum absolute atomic E-state index is 5.95. The van der Waals surface area contributed by atoms with Gasteiger partial charge in [-0.1, -0.05) is 17.3 Å². The zero-order valence-electron chi connectivity index (χ0n) is 12.8. The number of rotatable bonds is 4. The molecule has 4 rings (SSSR count). The Bertz CT molecular complexity index is 810. The Hall–Kier alpha value is -2.83. The highest BCUT2D eigenvalue weighted by atomic mass is 16.6. The molecule has 0 saturated heterocycles. The van der Waals surface area contributed by atoms with Gasteiger partial charge in [-0.2, -0.15) is 0 Å². The number of imidazole rings is 1. The molecule has 0 saturated carbocycles. The zero-order valence-corrected chi connectivity index (χ0v) is 12.8. The van der Waals surface area contributed by atoms with E-state index in [0.29, 0.717) is 13.2 Å². The molecule has 23 heavy (non-hydrogen) atoms. The zero-order chi connectivity index (χ0) is 15.6. The number of hydrogen-bond acceptors (Lipinski definition) is 5. The molecule has 3 aromatic rings. The van der Waals surface area contributed by atoms with E-state index in [0.717, 1.165) is 29.4 Å². The number of ether oxygens (including phenoxy) is 2. The first-order valence-electron chi connectivity index (χ1n) is 7.56. The van der Waals surface area contributed by atoms with Crippen LogP contribution in [0.2, 0.25) is 0 Å². The van der Waals surface area contributed by atoms with E-state index >= 15 is 0 Å². The van der Waals surface area contributed by atoms with E-state index in [-0.39, 0.29) is 6.10 Å². The summed E-state index contributed by atoms with van der Waals surface area (Å²) in [5.74, 6) is 2.42. The van der Waals surface area contributed by atoms with Gasteiger partial charge in [-0.3, -0.25) is 4.68 Å². The van der Waals surface area contributed by atoms with Crippen molar-refractivity contribution in [2.75, 3.05) is 6.61 Å². The van der Waals surface area contributed by atoms with Crippen LogP contribution < -0.4 is 9.47 Å². The highest BCUT2D eigenvalue weighted by Gasteiger charge is 2.20. The van der Waals surface area contributed by atoms with Gasteiger partial charge < -0.3 is 14.0 Å². The minimum absolute atomic E-state index is 0.0192. The van der Waals surface area contributed by atoms with Crippen LogP contribution in [-0.2, 0) is 13.6 Å². The lowest BCUT2D eigenvalue weighted by Gasteiger charge is -2.26. The molecule has 7 nitrogen and oxygen atoms in total.